The van der Waals surface area contributed by atoms with Gasteiger partial charge in [-0.05, 0) is 24.1 Å². The van der Waals surface area contributed by atoms with Gasteiger partial charge in [-0.1, -0.05) is 12.1 Å². The summed E-state index contributed by atoms with van der Waals surface area (Å²) in [6.45, 7) is 0. The molecule has 4 heteroatoms. The number of hydrogen-bond donors (Lipinski definition) is 3. The van der Waals surface area contributed by atoms with Crippen molar-refractivity contribution in [2.45, 2.75) is 12.8 Å². The second kappa shape index (κ2) is 3.91. The van der Waals surface area contributed by atoms with E-state index in [2.05, 4.69) is 4.98 Å². The van der Waals surface area contributed by atoms with E-state index in [9.17, 15) is 0 Å². The molecule has 1 aromatic carbocycles. The normalized spacial score (nSPS) is 14.2. The van der Waals surface area contributed by atoms with Crippen LogP contribution in [0.4, 0.5) is 0 Å². The zero-order valence-corrected chi connectivity index (χ0v) is 10.2. The average Bonchev–Trinajstić information content (AvgIpc) is 2.74. The van der Waals surface area contributed by atoms with Crippen LogP contribution in [0.25, 0.3) is 17.0 Å². The summed E-state index contributed by atoms with van der Waals surface area (Å²) in [5, 5.41) is 8.68. The van der Waals surface area contributed by atoms with Crippen LogP contribution in [-0.4, -0.2) is 17.9 Å². The van der Waals surface area contributed by atoms with Crippen molar-refractivity contribution in [1.82, 2.24) is 4.98 Å². The number of nitrogens with one attached hydrogen (secondary N) is 2. The number of amidine groups is 1. The van der Waals surface area contributed by atoms with Crippen LogP contribution in [0.1, 0.15) is 23.2 Å². The second-order valence-corrected chi connectivity index (χ2v) is 4.51. The molecular weight excluding hydrogens is 226 g/mol. The fourth-order valence-electron chi connectivity index (χ4n) is 2.48. The molecule has 0 radical (unpaired) electrons. The van der Waals surface area contributed by atoms with Gasteiger partial charge in [0.2, 0.25) is 0 Å². The van der Waals surface area contributed by atoms with Crippen molar-refractivity contribution in [3.8, 4) is 0 Å². The van der Waals surface area contributed by atoms with Gasteiger partial charge in [0.15, 0.2) is 0 Å². The highest BCUT2D eigenvalue weighted by Crippen LogP contribution is 2.31. The Kier molecular flexibility index (Phi) is 2.37. The fourth-order valence-corrected chi connectivity index (χ4v) is 2.48. The van der Waals surface area contributed by atoms with Crippen LogP contribution in [0, 0.1) is 5.41 Å². The molecule has 4 nitrogen and oxygen atoms in total. The number of benzene rings is 1. The molecule has 2 aromatic rings. The minimum absolute atomic E-state index is 0.0950. The Labute approximate surface area is 105 Å². The molecule has 0 bridgehead atoms. The van der Waals surface area contributed by atoms with E-state index in [4.69, 9.17) is 15.9 Å². The summed E-state index contributed by atoms with van der Waals surface area (Å²) in [7, 11) is 1.70. The SMILES string of the molecule is COC1=Cc2[nH]c3cc(C(=N)N)ccc3c2CC1. The maximum atomic E-state index is 7.47. The second-order valence-electron chi connectivity index (χ2n) is 4.51. The van der Waals surface area contributed by atoms with Crippen LogP contribution in [0.5, 0.6) is 0 Å². The summed E-state index contributed by atoms with van der Waals surface area (Å²) < 4.78 is 5.29. The monoisotopic (exact) mass is 241 g/mol. The summed E-state index contributed by atoms with van der Waals surface area (Å²) in [5.74, 6) is 1.10. The van der Waals surface area contributed by atoms with Crippen molar-refractivity contribution < 1.29 is 4.74 Å². The van der Waals surface area contributed by atoms with E-state index in [1.807, 2.05) is 24.3 Å². The van der Waals surface area contributed by atoms with Gasteiger partial charge in [-0.15, -0.1) is 0 Å². The fraction of sp³-hybridized carbons (Fsp3) is 0.214. The molecule has 18 heavy (non-hydrogen) atoms. The lowest BCUT2D eigenvalue weighted by molar-refractivity contribution is 0.280. The lowest BCUT2D eigenvalue weighted by Crippen LogP contribution is -2.10. The first-order valence-corrected chi connectivity index (χ1v) is 5.92. The Morgan fingerprint density at radius 2 is 2.22 bits per heavy atom. The number of aryl methyl sites for hydroxylation is 1. The van der Waals surface area contributed by atoms with E-state index in [0.717, 1.165) is 35.4 Å². The quantitative estimate of drug-likeness (QED) is 0.557. The van der Waals surface area contributed by atoms with Crippen LogP contribution in [0.2, 0.25) is 0 Å². The molecule has 0 atom stereocenters. The zero-order chi connectivity index (χ0) is 12.7. The summed E-state index contributed by atoms with van der Waals surface area (Å²) >= 11 is 0. The minimum atomic E-state index is 0.0950. The molecule has 0 aliphatic heterocycles. The third kappa shape index (κ3) is 1.57. The number of rotatable bonds is 2. The van der Waals surface area contributed by atoms with Crippen LogP contribution in [-0.2, 0) is 11.2 Å². The van der Waals surface area contributed by atoms with Gasteiger partial charge in [0, 0.05) is 28.6 Å². The highest BCUT2D eigenvalue weighted by atomic mass is 16.5. The molecule has 1 aliphatic rings. The molecule has 0 unspecified atom stereocenters. The van der Waals surface area contributed by atoms with Gasteiger partial charge in [-0.25, -0.2) is 0 Å². The molecule has 1 aliphatic carbocycles. The van der Waals surface area contributed by atoms with Crippen LogP contribution in [0.3, 0.4) is 0 Å². The highest BCUT2D eigenvalue weighted by molar-refractivity contribution is 5.99. The number of fused-ring (bicyclic) bond motifs is 3. The van der Waals surface area contributed by atoms with Crippen LogP contribution < -0.4 is 5.73 Å². The molecular formula is C14H15N3O. The Morgan fingerprint density at radius 3 is 2.94 bits per heavy atom. The molecule has 0 spiro atoms. The number of allylic oxidation sites excluding steroid dienone is 1. The van der Waals surface area contributed by atoms with Gasteiger partial charge in [0.25, 0.3) is 0 Å². The molecule has 1 heterocycles. The molecule has 0 fully saturated rings. The molecule has 0 saturated heterocycles. The molecule has 1 aromatic heterocycles. The average molecular weight is 241 g/mol. The van der Waals surface area contributed by atoms with Crippen LogP contribution in [0.15, 0.2) is 24.0 Å². The number of H-pyrrole nitrogens is 1. The van der Waals surface area contributed by atoms with Gasteiger partial charge in [0.1, 0.15) is 5.84 Å². The Morgan fingerprint density at radius 1 is 1.39 bits per heavy atom. The number of aromatic nitrogens is 1. The van der Waals surface area contributed by atoms with E-state index in [1.165, 1.54) is 10.9 Å². The van der Waals surface area contributed by atoms with Gasteiger partial charge >= 0.3 is 0 Å². The third-order valence-electron chi connectivity index (χ3n) is 3.44. The Bertz CT molecular complexity index is 667. The minimum Gasteiger partial charge on any atom is -0.501 e. The predicted octanol–water partition coefficient (Wildman–Crippen LogP) is 2.39. The van der Waals surface area contributed by atoms with Crippen molar-refractivity contribution in [3.05, 3.63) is 40.8 Å². The summed E-state index contributed by atoms with van der Waals surface area (Å²) in [5.41, 5.74) is 9.71. The molecule has 3 rings (SSSR count). The van der Waals surface area contributed by atoms with E-state index < -0.39 is 0 Å². The van der Waals surface area contributed by atoms with Crippen LogP contribution >= 0.6 is 0 Å². The van der Waals surface area contributed by atoms with Crippen molar-refractivity contribution in [2.75, 3.05) is 7.11 Å². The van der Waals surface area contributed by atoms with Crippen molar-refractivity contribution in [3.63, 3.8) is 0 Å². The number of nitrogens with two attached hydrogens (primary N) is 1. The standard InChI is InChI=1S/C14H15N3O/c1-18-9-3-5-11-10-4-2-8(14(15)16)6-12(10)17-13(11)7-9/h2,4,6-7,17H,3,5H2,1H3,(H3,15,16). The number of nitrogen functional groups attached to an aromatic ring is 1. The predicted molar refractivity (Wildman–Crippen MR) is 72.6 cm³/mol. The summed E-state index contributed by atoms with van der Waals surface area (Å²) in [6.07, 6.45) is 3.96. The van der Waals surface area contributed by atoms with E-state index >= 15 is 0 Å². The number of hydrogen-bond acceptors (Lipinski definition) is 2. The maximum Gasteiger partial charge on any atom is 0.122 e. The van der Waals surface area contributed by atoms with Gasteiger partial charge in [-0.2, -0.15) is 0 Å². The Balaban J connectivity index is 2.18. The van der Waals surface area contributed by atoms with E-state index in [0.29, 0.717) is 0 Å². The van der Waals surface area contributed by atoms with E-state index in [1.54, 1.807) is 7.11 Å². The third-order valence-corrected chi connectivity index (χ3v) is 3.44. The number of ether oxygens (including phenoxy) is 1. The highest BCUT2D eigenvalue weighted by Gasteiger charge is 2.16. The Hall–Kier alpha value is -2.23. The topological polar surface area (TPSA) is 74.9 Å². The van der Waals surface area contributed by atoms with Gasteiger partial charge in [0.05, 0.1) is 12.9 Å². The largest absolute Gasteiger partial charge is 0.501 e. The first-order chi connectivity index (χ1) is 8.69. The van der Waals surface area contributed by atoms with Crippen molar-refractivity contribution >= 4 is 22.8 Å². The number of aromatic amines is 1. The molecule has 0 saturated carbocycles. The molecule has 92 valence electrons. The lowest BCUT2D eigenvalue weighted by atomic mass is 9.99. The number of methoxy groups -OCH3 is 1. The zero-order valence-electron chi connectivity index (χ0n) is 10.2. The molecule has 4 N–H and O–H groups in total. The first kappa shape index (κ1) is 10.9. The molecule has 0 amide bonds. The summed E-state index contributed by atoms with van der Waals surface area (Å²) in [4.78, 5) is 3.37. The first-order valence-electron chi connectivity index (χ1n) is 5.92. The smallest absolute Gasteiger partial charge is 0.122 e. The van der Waals surface area contributed by atoms with E-state index in [-0.39, 0.29) is 5.84 Å². The van der Waals surface area contributed by atoms with Crippen molar-refractivity contribution in [2.24, 2.45) is 5.73 Å². The lowest BCUT2D eigenvalue weighted by Gasteiger charge is -2.12. The van der Waals surface area contributed by atoms with Gasteiger partial charge < -0.3 is 15.5 Å². The summed E-state index contributed by atoms with van der Waals surface area (Å²) in [6, 6.07) is 5.86. The maximum absolute atomic E-state index is 7.47. The van der Waals surface area contributed by atoms with Crippen molar-refractivity contribution in [1.29, 1.82) is 5.41 Å². The van der Waals surface area contributed by atoms with Gasteiger partial charge in [-0.3, -0.25) is 5.41 Å².